The van der Waals surface area contributed by atoms with Gasteiger partial charge in [0.1, 0.15) is 6.61 Å². The second kappa shape index (κ2) is 5.65. The smallest absolute Gasteiger partial charge is 0.167 e. The van der Waals surface area contributed by atoms with Crippen LogP contribution in [0, 0.1) is 12.7 Å². The van der Waals surface area contributed by atoms with Crippen molar-refractivity contribution in [2.75, 3.05) is 6.61 Å². The lowest BCUT2D eigenvalue weighted by Gasteiger charge is -2.14. The first kappa shape index (κ1) is 12.6. The largest absolute Gasteiger partial charge is 0.489 e. The monoisotopic (exact) mass is 245 g/mol. The van der Waals surface area contributed by atoms with Gasteiger partial charge < -0.3 is 10.5 Å². The van der Waals surface area contributed by atoms with E-state index in [2.05, 4.69) is 0 Å². The van der Waals surface area contributed by atoms with Gasteiger partial charge in [-0.25, -0.2) is 4.39 Å². The second-order valence-electron chi connectivity index (χ2n) is 4.22. The highest BCUT2D eigenvalue weighted by molar-refractivity contribution is 5.30. The molecule has 94 valence electrons. The molecule has 0 saturated heterocycles. The minimum Gasteiger partial charge on any atom is -0.489 e. The zero-order chi connectivity index (χ0) is 13.0. The molecule has 1 unspecified atom stereocenters. The first-order valence-corrected chi connectivity index (χ1v) is 5.87. The summed E-state index contributed by atoms with van der Waals surface area (Å²) in [6, 6.07) is 14.5. The zero-order valence-corrected chi connectivity index (χ0v) is 10.3. The van der Waals surface area contributed by atoms with Gasteiger partial charge in [0.15, 0.2) is 11.6 Å². The molecule has 0 aliphatic rings. The highest BCUT2D eigenvalue weighted by atomic mass is 19.1. The van der Waals surface area contributed by atoms with E-state index in [1.54, 1.807) is 25.1 Å². The molecule has 0 amide bonds. The number of benzene rings is 2. The molecule has 0 aromatic heterocycles. The Kier molecular flexibility index (Phi) is 3.95. The van der Waals surface area contributed by atoms with E-state index in [0.717, 1.165) is 5.56 Å². The van der Waals surface area contributed by atoms with Crippen LogP contribution in [0.25, 0.3) is 0 Å². The Labute approximate surface area is 106 Å². The summed E-state index contributed by atoms with van der Waals surface area (Å²) in [6.45, 7) is 1.96. The third-order valence-electron chi connectivity index (χ3n) is 2.80. The zero-order valence-electron chi connectivity index (χ0n) is 10.3. The van der Waals surface area contributed by atoms with Crippen molar-refractivity contribution in [2.45, 2.75) is 13.0 Å². The van der Waals surface area contributed by atoms with Crippen LogP contribution in [0.5, 0.6) is 5.75 Å². The number of hydrogen-bond donors (Lipinski definition) is 1. The van der Waals surface area contributed by atoms with Crippen molar-refractivity contribution in [3.8, 4) is 5.75 Å². The molecule has 2 N–H and O–H groups in total. The summed E-state index contributed by atoms with van der Waals surface area (Å²) in [5.41, 5.74) is 7.53. The molecule has 3 heteroatoms. The SMILES string of the molecule is Cc1cccc(OCC(N)c2ccccc2)c1F. The number of ether oxygens (including phenoxy) is 1. The minimum atomic E-state index is -0.322. The summed E-state index contributed by atoms with van der Waals surface area (Å²) in [6.07, 6.45) is 0. The third kappa shape index (κ3) is 2.87. The summed E-state index contributed by atoms with van der Waals surface area (Å²) in [7, 11) is 0. The van der Waals surface area contributed by atoms with Crippen LogP contribution < -0.4 is 10.5 Å². The van der Waals surface area contributed by atoms with E-state index in [9.17, 15) is 4.39 Å². The molecule has 2 nitrogen and oxygen atoms in total. The van der Waals surface area contributed by atoms with Crippen LogP contribution in [-0.2, 0) is 0 Å². The molecule has 0 heterocycles. The van der Waals surface area contributed by atoms with Gasteiger partial charge in [-0.05, 0) is 24.1 Å². The van der Waals surface area contributed by atoms with Gasteiger partial charge >= 0.3 is 0 Å². The fourth-order valence-corrected chi connectivity index (χ4v) is 1.71. The van der Waals surface area contributed by atoms with E-state index in [4.69, 9.17) is 10.5 Å². The highest BCUT2D eigenvalue weighted by Crippen LogP contribution is 2.21. The van der Waals surface area contributed by atoms with Crippen LogP contribution in [-0.4, -0.2) is 6.61 Å². The Morgan fingerprint density at radius 1 is 1.11 bits per heavy atom. The van der Waals surface area contributed by atoms with Crippen LogP contribution in [0.3, 0.4) is 0 Å². The van der Waals surface area contributed by atoms with Gasteiger partial charge in [-0.2, -0.15) is 0 Å². The quantitative estimate of drug-likeness (QED) is 0.897. The van der Waals surface area contributed by atoms with Crippen molar-refractivity contribution in [1.29, 1.82) is 0 Å². The minimum absolute atomic E-state index is 0.251. The van der Waals surface area contributed by atoms with Crippen LogP contribution in [0.1, 0.15) is 17.2 Å². The summed E-state index contributed by atoms with van der Waals surface area (Å²) >= 11 is 0. The predicted molar refractivity (Wildman–Crippen MR) is 70.0 cm³/mol. The van der Waals surface area contributed by atoms with Crippen LogP contribution >= 0.6 is 0 Å². The van der Waals surface area contributed by atoms with Crippen LogP contribution in [0.2, 0.25) is 0 Å². The van der Waals surface area contributed by atoms with E-state index in [1.165, 1.54) is 0 Å². The lowest BCUT2D eigenvalue weighted by atomic mass is 10.1. The second-order valence-corrected chi connectivity index (χ2v) is 4.22. The maximum absolute atomic E-state index is 13.7. The number of aryl methyl sites for hydroxylation is 1. The van der Waals surface area contributed by atoms with Gasteiger partial charge in [0.25, 0.3) is 0 Å². The fourth-order valence-electron chi connectivity index (χ4n) is 1.71. The molecule has 0 spiro atoms. The third-order valence-corrected chi connectivity index (χ3v) is 2.80. The van der Waals surface area contributed by atoms with Crippen molar-refractivity contribution in [3.63, 3.8) is 0 Å². The normalized spacial score (nSPS) is 12.2. The van der Waals surface area contributed by atoms with E-state index in [-0.39, 0.29) is 24.2 Å². The number of halogens is 1. The average molecular weight is 245 g/mol. The Morgan fingerprint density at radius 3 is 2.56 bits per heavy atom. The van der Waals surface area contributed by atoms with Crippen molar-refractivity contribution >= 4 is 0 Å². The van der Waals surface area contributed by atoms with Crippen molar-refractivity contribution in [2.24, 2.45) is 5.73 Å². The molecule has 18 heavy (non-hydrogen) atoms. The molecular formula is C15H16FNO. The van der Waals surface area contributed by atoms with Gasteiger partial charge in [0.2, 0.25) is 0 Å². The van der Waals surface area contributed by atoms with Gasteiger partial charge in [0, 0.05) is 0 Å². The molecular weight excluding hydrogens is 229 g/mol. The van der Waals surface area contributed by atoms with Crippen LogP contribution in [0.4, 0.5) is 4.39 Å². The maximum atomic E-state index is 13.7. The lowest BCUT2D eigenvalue weighted by Crippen LogP contribution is -2.19. The molecule has 0 fully saturated rings. The first-order chi connectivity index (χ1) is 8.68. The molecule has 0 aliphatic carbocycles. The highest BCUT2D eigenvalue weighted by Gasteiger charge is 2.09. The molecule has 2 aromatic carbocycles. The van der Waals surface area contributed by atoms with Gasteiger partial charge in [-0.15, -0.1) is 0 Å². The van der Waals surface area contributed by atoms with Gasteiger partial charge in [-0.1, -0.05) is 42.5 Å². The van der Waals surface area contributed by atoms with E-state index in [0.29, 0.717) is 5.56 Å². The molecule has 0 radical (unpaired) electrons. The van der Waals surface area contributed by atoms with Gasteiger partial charge in [-0.3, -0.25) is 0 Å². The Bertz CT molecular complexity index is 513. The van der Waals surface area contributed by atoms with E-state index in [1.807, 2.05) is 30.3 Å². The maximum Gasteiger partial charge on any atom is 0.167 e. The van der Waals surface area contributed by atoms with Crippen LogP contribution in [0.15, 0.2) is 48.5 Å². The molecule has 0 saturated carbocycles. The molecule has 1 atom stereocenters. The summed E-state index contributed by atoms with van der Waals surface area (Å²) in [4.78, 5) is 0. The fraction of sp³-hybridized carbons (Fsp3) is 0.200. The van der Waals surface area contributed by atoms with Crippen molar-refractivity contribution < 1.29 is 9.13 Å². The summed E-state index contributed by atoms with van der Waals surface area (Å²) < 4.78 is 19.1. The first-order valence-electron chi connectivity index (χ1n) is 5.87. The molecule has 2 aromatic rings. The average Bonchev–Trinajstić information content (AvgIpc) is 2.41. The Balaban J connectivity index is 2.02. The lowest BCUT2D eigenvalue weighted by molar-refractivity contribution is 0.277. The van der Waals surface area contributed by atoms with Crippen molar-refractivity contribution in [3.05, 3.63) is 65.5 Å². The predicted octanol–water partition coefficient (Wildman–Crippen LogP) is 3.21. The van der Waals surface area contributed by atoms with E-state index >= 15 is 0 Å². The van der Waals surface area contributed by atoms with Crippen molar-refractivity contribution in [1.82, 2.24) is 0 Å². The number of nitrogens with two attached hydrogens (primary N) is 1. The molecule has 0 aliphatic heterocycles. The molecule has 2 rings (SSSR count). The standard InChI is InChI=1S/C15H16FNO/c1-11-6-5-9-14(15(11)16)18-10-13(17)12-7-3-2-4-8-12/h2-9,13H,10,17H2,1H3. The Morgan fingerprint density at radius 2 is 1.83 bits per heavy atom. The molecule has 0 bridgehead atoms. The Hall–Kier alpha value is -1.87. The van der Waals surface area contributed by atoms with Gasteiger partial charge in [0.05, 0.1) is 6.04 Å². The number of hydrogen-bond acceptors (Lipinski definition) is 2. The number of rotatable bonds is 4. The van der Waals surface area contributed by atoms with E-state index < -0.39 is 0 Å². The summed E-state index contributed by atoms with van der Waals surface area (Å²) in [5.74, 6) is -0.0702. The summed E-state index contributed by atoms with van der Waals surface area (Å²) in [5, 5.41) is 0. The topological polar surface area (TPSA) is 35.2 Å².